The number of phenols is 1. The Bertz CT molecular complexity index is 1910. The highest BCUT2D eigenvalue weighted by Gasteiger charge is 2.21. The molecule has 13 nitrogen and oxygen atoms in total. The normalized spacial score (nSPS) is 12.2. The zero-order chi connectivity index (χ0) is 42.5. The first-order chi connectivity index (χ1) is 28.1. The Kier molecular flexibility index (Phi) is 21.0. The smallest absolute Gasteiger partial charge is 0.203 e. The van der Waals surface area contributed by atoms with E-state index in [2.05, 4.69) is 40.8 Å². The summed E-state index contributed by atoms with van der Waals surface area (Å²) < 4.78 is 35.3. The monoisotopic (exact) mass is 858 g/mol. The van der Waals surface area contributed by atoms with E-state index in [1.165, 1.54) is 7.11 Å². The number of unbranched alkanes of at least 4 members (excludes halogenated alkanes) is 2. The predicted molar refractivity (Wildman–Crippen MR) is 234 cm³/mol. The van der Waals surface area contributed by atoms with E-state index in [1.807, 2.05) is 12.1 Å². The fraction of sp³-hybridized carbons (Fsp3) is 0.476. The van der Waals surface area contributed by atoms with Gasteiger partial charge in [0.15, 0.2) is 29.7 Å². The Balaban J connectivity index is 1.95. The molecule has 3 aromatic carbocycles. The third-order valence-electron chi connectivity index (χ3n) is 9.47. The maximum absolute atomic E-state index is 11.3. The van der Waals surface area contributed by atoms with Crippen LogP contribution in [0.25, 0.3) is 45.2 Å². The molecular formula is C42H53Cl3N6O7. The highest BCUT2D eigenvalue weighted by Crippen LogP contribution is 2.46. The van der Waals surface area contributed by atoms with Crippen LogP contribution in [-0.4, -0.2) is 52.9 Å². The van der Waals surface area contributed by atoms with E-state index in [9.17, 15) is 5.11 Å². The number of benzene rings is 3. The van der Waals surface area contributed by atoms with Crippen LogP contribution in [-0.2, 0) is 0 Å². The summed E-state index contributed by atoms with van der Waals surface area (Å²) >= 11 is 20.3. The second-order valence-electron chi connectivity index (χ2n) is 13.4. The fourth-order valence-electron chi connectivity index (χ4n) is 6.09. The van der Waals surface area contributed by atoms with Gasteiger partial charge in [0, 0.05) is 27.5 Å². The number of methoxy groups -OCH3 is 3. The minimum absolute atomic E-state index is 0.0142. The van der Waals surface area contributed by atoms with Crippen molar-refractivity contribution in [2.24, 2.45) is 22.1 Å². The van der Waals surface area contributed by atoms with Crippen LogP contribution in [0.2, 0.25) is 15.1 Å². The van der Waals surface area contributed by atoms with Crippen LogP contribution in [0.4, 0.5) is 0 Å². The van der Waals surface area contributed by atoms with Gasteiger partial charge in [-0.15, -0.1) is 0 Å². The van der Waals surface area contributed by atoms with Crippen molar-refractivity contribution in [3.63, 3.8) is 0 Å². The highest BCUT2D eigenvalue weighted by atomic mass is 35.5. The molecule has 0 saturated heterocycles. The minimum atomic E-state index is -0.303. The predicted octanol–water partition coefficient (Wildman–Crippen LogP) is 13.8. The van der Waals surface area contributed by atoms with Crippen LogP contribution in [0.5, 0.6) is 40.2 Å². The van der Waals surface area contributed by atoms with Crippen LogP contribution in [0.3, 0.4) is 0 Å². The van der Waals surface area contributed by atoms with Crippen molar-refractivity contribution in [1.29, 1.82) is 0 Å². The van der Waals surface area contributed by atoms with Crippen LogP contribution < -0.4 is 28.4 Å². The van der Waals surface area contributed by atoms with E-state index in [-0.39, 0.29) is 44.8 Å². The summed E-state index contributed by atoms with van der Waals surface area (Å²) in [6.07, 6.45) is 14.5. The van der Waals surface area contributed by atoms with E-state index in [0.29, 0.717) is 77.5 Å². The minimum Gasteiger partial charge on any atom is -0.506 e. The Labute approximate surface area is 356 Å². The molecule has 1 N–H and O–H groups in total. The molecule has 0 fully saturated rings. The van der Waals surface area contributed by atoms with Gasteiger partial charge in [0.25, 0.3) is 0 Å². The number of halogens is 3. The van der Waals surface area contributed by atoms with Crippen LogP contribution >= 0.6 is 34.8 Å². The van der Waals surface area contributed by atoms with E-state index in [4.69, 9.17) is 74.3 Å². The van der Waals surface area contributed by atoms with E-state index in [0.717, 1.165) is 44.9 Å². The van der Waals surface area contributed by atoms with E-state index < -0.39 is 0 Å². The summed E-state index contributed by atoms with van der Waals surface area (Å²) in [4.78, 5) is 5.63. The van der Waals surface area contributed by atoms with Crippen LogP contribution in [0.15, 0.2) is 34.5 Å². The average molecular weight is 860 g/mol. The second kappa shape index (κ2) is 25.6. The van der Waals surface area contributed by atoms with Gasteiger partial charge in [-0.1, -0.05) is 116 Å². The second-order valence-corrected chi connectivity index (χ2v) is 14.5. The molecule has 3 aromatic rings. The fourth-order valence-corrected chi connectivity index (χ4v) is 6.91. The summed E-state index contributed by atoms with van der Waals surface area (Å²) in [5.41, 5.74) is 19.3. The number of hydrogen-bond acceptors (Lipinski definition) is 9. The molecule has 16 heteroatoms. The Morgan fingerprint density at radius 2 is 1.12 bits per heavy atom. The van der Waals surface area contributed by atoms with Gasteiger partial charge in [-0.2, -0.15) is 0 Å². The van der Waals surface area contributed by atoms with Gasteiger partial charge in [0.1, 0.15) is 5.75 Å². The van der Waals surface area contributed by atoms with Gasteiger partial charge in [-0.05, 0) is 83.6 Å². The Morgan fingerprint density at radius 1 is 0.638 bits per heavy atom. The topological polar surface area (TPSA) is 173 Å². The molecule has 0 heterocycles. The molecule has 3 rings (SSSR count). The molecule has 2 atom stereocenters. The molecule has 0 aliphatic carbocycles. The molecule has 0 spiro atoms. The largest absolute Gasteiger partial charge is 0.506 e. The van der Waals surface area contributed by atoms with Crippen LogP contribution in [0.1, 0.15) is 94.4 Å². The van der Waals surface area contributed by atoms with Gasteiger partial charge in [-0.3, -0.25) is 0 Å². The molecule has 2 unspecified atom stereocenters. The van der Waals surface area contributed by atoms with Gasteiger partial charge in [0.2, 0.25) is 11.5 Å². The number of rotatable bonds is 26. The molecule has 0 bridgehead atoms. The molecule has 314 valence electrons. The summed E-state index contributed by atoms with van der Waals surface area (Å²) in [6.45, 7) is 7.35. The van der Waals surface area contributed by atoms with Crippen molar-refractivity contribution in [1.82, 2.24) is 0 Å². The number of hydrogen-bond donors (Lipinski definition) is 1. The molecule has 0 aromatic heterocycles. The lowest BCUT2D eigenvalue weighted by Gasteiger charge is -2.20. The molecular weight excluding hydrogens is 807 g/mol. The summed E-state index contributed by atoms with van der Waals surface area (Å²) in [7, 11) is 4.63. The van der Waals surface area contributed by atoms with Gasteiger partial charge >= 0.3 is 0 Å². The number of ether oxygens (including phenoxy) is 6. The number of nitrogens with zero attached hydrogens (tertiary/aromatic N) is 6. The molecule has 0 amide bonds. The first-order valence-electron chi connectivity index (χ1n) is 19.2. The van der Waals surface area contributed by atoms with Gasteiger partial charge in [0.05, 0.1) is 49.6 Å². The SMILES string of the molecule is CCCCC(CC)COc1c(OC)cc(/C=C/c2c(Cl)c(O)c(/C=C/c3cc(OC)c(OCC(CCCC)CCN=[N+]=[N-])c(OCN=[N+]=[N-])c3)c(Cl)c2Cl)cc1OC. The van der Waals surface area contributed by atoms with Crippen molar-refractivity contribution in [3.8, 4) is 40.2 Å². The Hall–Kier alpha value is -4.77. The van der Waals surface area contributed by atoms with Crippen molar-refractivity contribution < 1.29 is 33.5 Å². The third-order valence-corrected chi connectivity index (χ3v) is 10.7. The molecule has 0 radical (unpaired) electrons. The van der Waals surface area contributed by atoms with Gasteiger partial charge < -0.3 is 33.5 Å². The Morgan fingerprint density at radius 3 is 1.64 bits per heavy atom. The number of azide groups is 2. The van der Waals surface area contributed by atoms with Crippen molar-refractivity contribution in [3.05, 3.63) is 82.5 Å². The van der Waals surface area contributed by atoms with E-state index in [1.54, 1.807) is 50.7 Å². The summed E-state index contributed by atoms with van der Waals surface area (Å²) in [5, 5.41) is 18.6. The average Bonchev–Trinajstić information content (AvgIpc) is 3.23. The lowest BCUT2D eigenvalue weighted by molar-refractivity contribution is 0.208. The molecule has 0 aliphatic heterocycles. The molecule has 0 saturated carbocycles. The zero-order valence-electron chi connectivity index (χ0n) is 34.0. The first kappa shape index (κ1) is 47.6. The van der Waals surface area contributed by atoms with Gasteiger partial charge in [-0.25, -0.2) is 0 Å². The molecule has 0 aliphatic rings. The third kappa shape index (κ3) is 13.7. The lowest BCUT2D eigenvalue weighted by atomic mass is 9.99. The van der Waals surface area contributed by atoms with E-state index >= 15 is 0 Å². The first-order valence-corrected chi connectivity index (χ1v) is 20.4. The standard InChI is InChI=1S/C42H53Cl3N6O7/c1-7-10-12-27(9-3)24-56-41-33(53-4)20-29(21-34(41)54-5)14-16-31-37(43)38(44)32(40(52)39(31)45)17-15-30-22-35(55-6)42(36(23-30)58-26-49-51-47)57-25-28(13-11-8-2)18-19-48-50-46/h14-17,20-23,27-28,52H,7-13,18-19,24-26H2,1-6H3/b16-14+,17-15+. The number of aromatic hydroxyl groups is 1. The summed E-state index contributed by atoms with van der Waals surface area (Å²) in [5.74, 6) is 2.69. The zero-order valence-corrected chi connectivity index (χ0v) is 36.2. The van der Waals surface area contributed by atoms with Crippen molar-refractivity contribution in [2.45, 2.75) is 72.1 Å². The quantitative estimate of drug-likeness (QED) is 0.0275. The van der Waals surface area contributed by atoms with Crippen molar-refractivity contribution in [2.75, 3.05) is 47.8 Å². The highest BCUT2D eigenvalue weighted by molar-refractivity contribution is 6.46. The lowest BCUT2D eigenvalue weighted by Crippen LogP contribution is -2.14. The maximum Gasteiger partial charge on any atom is 0.203 e. The summed E-state index contributed by atoms with van der Waals surface area (Å²) in [6, 6.07) is 7.01. The van der Waals surface area contributed by atoms with Crippen LogP contribution in [0, 0.1) is 11.8 Å². The van der Waals surface area contributed by atoms with Crippen molar-refractivity contribution >= 4 is 59.1 Å². The molecule has 58 heavy (non-hydrogen) atoms. The maximum atomic E-state index is 11.3. The number of phenolic OH excluding ortho intramolecular Hbond substituents is 1.